The summed E-state index contributed by atoms with van der Waals surface area (Å²) >= 11 is 0. The average molecular weight is 286 g/mol. The van der Waals surface area contributed by atoms with Gasteiger partial charge >= 0.3 is 0 Å². The second kappa shape index (κ2) is 5.74. The molecular weight excluding hydrogens is 267 g/mol. The Morgan fingerprint density at radius 3 is 2.71 bits per heavy atom. The molecule has 21 heavy (non-hydrogen) atoms. The lowest BCUT2D eigenvalue weighted by molar-refractivity contribution is 0.322. The van der Waals surface area contributed by atoms with Gasteiger partial charge in [-0.1, -0.05) is 18.2 Å². The first-order chi connectivity index (χ1) is 10.2. The average Bonchev–Trinajstić information content (AvgIpc) is 2.68. The fourth-order valence-corrected chi connectivity index (χ4v) is 2.79. The van der Waals surface area contributed by atoms with E-state index in [1.807, 2.05) is 37.3 Å². The van der Waals surface area contributed by atoms with E-state index in [0.717, 1.165) is 30.1 Å². The molecule has 1 aliphatic rings. The Balaban J connectivity index is 2.15. The third-order valence-electron chi connectivity index (χ3n) is 3.72. The lowest BCUT2D eigenvalue weighted by Crippen LogP contribution is -2.22. The molecule has 0 amide bonds. The Hall–Kier alpha value is -2.07. The molecule has 1 heterocycles. The number of fused-ring (bicyclic) bond motifs is 1. The molecule has 110 valence electrons. The van der Waals surface area contributed by atoms with Crippen LogP contribution >= 0.6 is 0 Å². The fourth-order valence-electron chi connectivity index (χ4n) is 2.79. The third-order valence-corrected chi connectivity index (χ3v) is 3.72. The highest BCUT2D eigenvalue weighted by atomic mass is 19.1. The Kier molecular flexibility index (Phi) is 3.80. The molecule has 0 aliphatic carbocycles. The highest BCUT2D eigenvalue weighted by Crippen LogP contribution is 2.39. The van der Waals surface area contributed by atoms with Crippen LogP contribution < -0.4 is 15.4 Å². The number of rotatable bonds is 2. The second-order valence-corrected chi connectivity index (χ2v) is 5.28. The number of nitrogens with zero attached hydrogens (tertiary/aromatic N) is 1. The third kappa shape index (κ3) is 2.59. The van der Waals surface area contributed by atoms with Gasteiger partial charge in [0.25, 0.3) is 0 Å². The summed E-state index contributed by atoms with van der Waals surface area (Å²) in [6.07, 6.45) is 0.879. The summed E-state index contributed by atoms with van der Waals surface area (Å²) in [5.74, 6) is 0.569. The van der Waals surface area contributed by atoms with Crippen molar-refractivity contribution in [1.29, 1.82) is 0 Å². The summed E-state index contributed by atoms with van der Waals surface area (Å²) < 4.78 is 20.0. The maximum absolute atomic E-state index is 14.2. The summed E-state index contributed by atoms with van der Waals surface area (Å²) in [5, 5.41) is 0. The number of benzene rings is 2. The smallest absolute Gasteiger partial charge is 0.142 e. The second-order valence-electron chi connectivity index (χ2n) is 5.28. The lowest BCUT2D eigenvalue weighted by Gasteiger charge is -2.27. The van der Waals surface area contributed by atoms with Crippen molar-refractivity contribution in [3.8, 4) is 5.75 Å². The van der Waals surface area contributed by atoms with Gasteiger partial charge in [-0.2, -0.15) is 0 Å². The van der Waals surface area contributed by atoms with Crippen molar-refractivity contribution in [2.75, 3.05) is 18.1 Å². The standard InChI is InChI=1S/C17H19FN2O/c1-12(19)17-13(18)6-4-8-15(17)20-10-5-11-21-16-9-3-2-7-14(16)20/h2-4,6-9,12H,5,10-11,19H2,1H3/t12-/m1/s1. The first kappa shape index (κ1) is 13.9. The predicted molar refractivity (Wildman–Crippen MR) is 82.6 cm³/mol. The van der Waals surface area contributed by atoms with Crippen molar-refractivity contribution in [2.45, 2.75) is 19.4 Å². The van der Waals surface area contributed by atoms with Crippen LogP contribution in [0.25, 0.3) is 0 Å². The number of halogens is 1. The SMILES string of the molecule is C[C@@H](N)c1c(F)cccc1N1CCCOc2ccccc21. The summed E-state index contributed by atoms with van der Waals surface area (Å²) in [6.45, 7) is 3.25. The number of hydrogen-bond acceptors (Lipinski definition) is 3. The largest absolute Gasteiger partial charge is 0.491 e. The van der Waals surface area contributed by atoms with Gasteiger partial charge in [0.1, 0.15) is 11.6 Å². The Labute approximate surface area is 124 Å². The van der Waals surface area contributed by atoms with Crippen LogP contribution in [-0.4, -0.2) is 13.2 Å². The first-order valence-electron chi connectivity index (χ1n) is 7.22. The van der Waals surface area contributed by atoms with Crippen LogP contribution in [0.3, 0.4) is 0 Å². The quantitative estimate of drug-likeness (QED) is 0.913. The molecule has 2 aromatic carbocycles. The van der Waals surface area contributed by atoms with Gasteiger partial charge in [0, 0.05) is 23.8 Å². The number of anilines is 2. The van der Waals surface area contributed by atoms with Crippen LogP contribution in [0.1, 0.15) is 24.9 Å². The van der Waals surface area contributed by atoms with E-state index in [-0.39, 0.29) is 11.9 Å². The van der Waals surface area contributed by atoms with E-state index in [0.29, 0.717) is 12.2 Å². The van der Waals surface area contributed by atoms with Crippen LogP contribution in [0.5, 0.6) is 5.75 Å². The van der Waals surface area contributed by atoms with Gasteiger partial charge < -0.3 is 15.4 Å². The number of nitrogens with two attached hydrogens (primary N) is 1. The van der Waals surface area contributed by atoms with E-state index in [4.69, 9.17) is 10.5 Å². The molecule has 0 saturated carbocycles. The van der Waals surface area contributed by atoms with E-state index >= 15 is 0 Å². The van der Waals surface area contributed by atoms with E-state index in [1.165, 1.54) is 6.07 Å². The predicted octanol–water partition coefficient (Wildman–Crippen LogP) is 3.77. The van der Waals surface area contributed by atoms with Crippen LogP contribution in [-0.2, 0) is 0 Å². The Morgan fingerprint density at radius 2 is 1.90 bits per heavy atom. The molecule has 3 rings (SSSR count). The number of hydrogen-bond donors (Lipinski definition) is 1. The molecule has 2 aromatic rings. The Bertz CT molecular complexity index is 642. The molecule has 0 spiro atoms. The minimum Gasteiger partial charge on any atom is -0.491 e. The van der Waals surface area contributed by atoms with Crippen LogP contribution in [0.2, 0.25) is 0 Å². The van der Waals surface area contributed by atoms with E-state index in [1.54, 1.807) is 6.07 Å². The molecule has 1 aliphatic heterocycles. The molecule has 0 bridgehead atoms. The molecule has 0 saturated heterocycles. The number of ether oxygens (including phenoxy) is 1. The van der Waals surface area contributed by atoms with Gasteiger partial charge in [-0.3, -0.25) is 0 Å². The van der Waals surface area contributed by atoms with Crippen LogP contribution in [0.4, 0.5) is 15.8 Å². The zero-order valence-electron chi connectivity index (χ0n) is 12.1. The molecule has 1 atom stereocenters. The van der Waals surface area contributed by atoms with Crippen LogP contribution in [0, 0.1) is 5.82 Å². The van der Waals surface area contributed by atoms with Gasteiger partial charge in [-0.05, 0) is 37.6 Å². The molecule has 0 aromatic heterocycles. The van der Waals surface area contributed by atoms with Crippen molar-refractivity contribution < 1.29 is 9.13 Å². The number of para-hydroxylation sites is 2. The molecule has 0 fully saturated rings. The molecule has 2 N–H and O–H groups in total. The molecule has 4 heteroatoms. The first-order valence-corrected chi connectivity index (χ1v) is 7.22. The summed E-state index contributed by atoms with van der Waals surface area (Å²) in [7, 11) is 0. The van der Waals surface area contributed by atoms with E-state index in [9.17, 15) is 4.39 Å². The normalized spacial score (nSPS) is 15.9. The minimum atomic E-state index is -0.363. The summed E-state index contributed by atoms with van der Waals surface area (Å²) in [4.78, 5) is 2.10. The highest BCUT2D eigenvalue weighted by Gasteiger charge is 2.22. The van der Waals surface area contributed by atoms with Crippen molar-refractivity contribution >= 4 is 11.4 Å². The molecule has 0 unspecified atom stereocenters. The van der Waals surface area contributed by atoms with Crippen molar-refractivity contribution in [3.05, 3.63) is 53.8 Å². The highest BCUT2D eigenvalue weighted by molar-refractivity contribution is 5.72. The zero-order chi connectivity index (χ0) is 14.8. The molecule has 0 radical (unpaired) electrons. The van der Waals surface area contributed by atoms with Gasteiger partial charge in [0.2, 0.25) is 0 Å². The summed E-state index contributed by atoms with van der Waals surface area (Å²) in [6, 6.07) is 12.6. The molecule has 3 nitrogen and oxygen atoms in total. The van der Waals surface area contributed by atoms with Crippen molar-refractivity contribution in [3.63, 3.8) is 0 Å². The van der Waals surface area contributed by atoms with Crippen LogP contribution in [0.15, 0.2) is 42.5 Å². The van der Waals surface area contributed by atoms with Gasteiger partial charge in [-0.15, -0.1) is 0 Å². The van der Waals surface area contributed by atoms with Gasteiger partial charge in [-0.25, -0.2) is 4.39 Å². The minimum absolute atomic E-state index is 0.259. The lowest BCUT2D eigenvalue weighted by atomic mass is 10.0. The van der Waals surface area contributed by atoms with Crippen molar-refractivity contribution in [1.82, 2.24) is 0 Å². The topological polar surface area (TPSA) is 38.5 Å². The maximum atomic E-state index is 14.2. The van der Waals surface area contributed by atoms with Gasteiger partial charge in [0.05, 0.1) is 12.3 Å². The molecular formula is C17H19FN2O. The maximum Gasteiger partial charge on any atom is 0.142 e. The van der Waals surface area contributed by atoms with E-state index in [2.05, 4.69) is 4.90 Å². The zero-order valence-corrected chi connectivity index (χ0v) is 12.1. The van der Waals surface area contributed by atoms with E-state index < -0.39 is 0 Å². The summed E-state index contributed by atoms with van der Waals surface area (Å²) in [5.41, 5.74) is 8.32. The monoisotopic (exact) mass is 286 g/mol. The van der Waals surface area contributed by atoms with Gasteiger partial charge in [0.15, 0.2) is 0 Å². The van der Waals surface area contributed by atoms with Crippen molar-refractivity contribution in [2.24, 2.45) is 5.73 Å². The Morgan fingerprint density at radius 1 is 1.14 bits per heavy atom. The fraction of sp³-hybridized carbons (Fsp3) is 0.294.